The Bertz CT molecular complexity index is 388. The fourth-order valence-corrected chi connectivity index (χ4v) is 2.08. The number of hydrogen-bond acceptors (Lipinski definition) is 0. The Morgan fingerprint density at radius 2 is 1.87 bits per heavy atom. The number of allylic oxidation sites excluding steroid dienone is 1. The first kappa shape index (κ1) is 11.0. The molecule has 0 aliphatic heterocycles. The van der Waals surface area contributed by atoms with Crippen LogP contribution in [0.5, 0.6) is 0 Å². The molecule has 1 aliphatic rings. The second-order valence-corrected chi connectivity index (χ2v) is 5.66. The fourth-order valence-electron chi connectivity index (χ4n) is 1.67. The van der Waals surface area contributed by atoms with E-state index in [1.165, 1.54) is 6.42 Å². The molecule has 0 bridgehead atoms. The van der Waals surface area contributed by atoms with Gasteiger partial charge < -0.3 is 0 Å². The first-order chi connectivity index (χ1) is 6.99. The van der Waals surface area contributed by atoms with E-state index in [4.69, 9.17) is 23.2 Å². The smallest absolute Gasteiger partial charge is 0.0441 e. The minimum atomic E-state index is 0.437. The van der Waals surface area contributed by atoms with E-state index in [-0.39, 0.29) is 0 Å². The van der Waals surface area contributed by atoms with E-state index in [0.29, 0.717) is 11.3 Å². The van der Waals surface area contributed by atoms with E-state index in [1.54, 1.807) is 0 Å². The molecule has 2 heteroatoms. The van der Waals surface area contributed by atoms with Crippen molar-refractivity contribution in [1.82, 2.24) is 0 Å². The monoisotopic (exact) mass is 240 g/mol. The van der Waals surface area contributed by atoms with E-state index in [1.807, 2.05) is 24.3 Å². The van der Waals surface area contributed by atoms with Crippen LogP contribution in [-0.2, 0) is 0 Å². The summed E-state index contributed by atoms with van der Waals surface area (Å²) in [6, 6.07) is 7.64. The molecule has 1 atom stereocenters. The molecule has 80 valence electrons. The molecule has 0 nitrogen and oxygen atoms in total. The molecule has 2 rings (SSSR count). The van der Waals surface area contributed by atoms with Crippen LogP contribution < -0.4 is 0 Å². The lowest BCUT2D eigenvalue weighted by Gasteiger charge is -2.01. The summed E-state index contributed by atoms with van der Waals surface area (Å²) in [7, 11) is 0. The Balaban J connectivity index is 2.14. The van der Waals surface area contributed by atoms with Crippen molar-refractivity contribution in [2.24, 2.45) is 11.3 Å². The summed E-state index contributed by atoms with van der Waals surface area (Å²) in [6.45, 7) is 4.53. The largest absolute Gasteiger partial charge is 0.0843 e. The highest BCUT2D eigenvalue weighted by Crippen LogP contribution is 2.53. The van der Waals surface area contributed by atoms with Crippen molar-refractivity contribution in [3.05, 3.63) is 40.9 Å². The zero-order valence-electron chi connectivity index (χ0n) is 8.93. The zero-order valence-corrected chi connectivity index (χ0v) is 10.4. The van der Waals surface area contributed by atoms with Crippen molar-refractivity contribution in [2.75, 3.05) is 0 Å². The van der Waals surface area contributed by atoms with Crippen LogP contribution in [0.25, 0.3) is 5.03 Å². The van der Waals surface area contributed by atoms with Crippen molar-refractivity contribution in [3.8, 4) is 0 Å². The van der Waals surface area contributed by atoms with Crippen LogP contribution in [0, 0.1) is 11.3 Å². The van der Waals surface area contributed by atoms with Crippen molar-refractivity contribution in [2.45, 2.75) is 20.3 Å². The van der Waals surface area contributed by atoms with Crippen LogP contribution in [0.2, 0.25) is 5.02 Å². The molecule has 0 heterocycles. The number of halogens is 2. The van der Waals surface area contributed by atoms with Crippen molar-refractivity contribution in [1.29, 1.82) is 0 Å². The van der Waals surface area contributed by atoms with Gasteiger partial charge in [-0.2, -0.15) is 0 Å². The van der Waals surface area contributed by atoms with Gasteiger partial charge in [0.25, 0.3) is 0 Å². The summed E-state index contributed by atoms with van der Waals surface area (Å²) in [5.74, 6) is 0.626. The molecule has 1 aromatic rings. The van der Waals surface area contributed by atoms with E-state index in [0.717, 1.165) is 15.6 Å². The van der Waals surface area contributed by atoms with Crippen molar-refractivity contribution < 1.29 is 0 Å². The predicted octanol–water partition coefficient (Wildman–Crippen LogP) is 4.97. The third-order valence-electron chi connectivity index (χ3n) is 3.06. The molecule has 15 heavy (non-hydrogen) atoms. The van der Waals surface area contributed by atoms with Crippen LogP contribution in [-0.4, -0.2) is 0 Å². The summed E-state index contributed by atoms with van der Waals surface area (Å²) in [5, 5.41) is 1.58. The molecule has 1 fully saturated rings. The van der Waals surface area contributed by atoms with Gasteiger partial charge in [-0.3, -0.25) is 0 Å². The summed E-state index contributed by atoms with van der Waals surface area (Å²) in [4.78, 5) is 0. The maximum Gasteiger partial charge on any atom is 0.0441 e. The van der Waals surface area contributed by atoms with Gasteiger partial charge in [0.05, 0.1) is 0 Å². The van der Waals surface area contributed by atoms with Crippen LogP contribution in [0.15, 0.2) is 30.3 Å². The highest BCUT2D eigenvalue weighted by Gasteiger charge is 2.43. The second-order valence-electron chi connectivity index (χ2n) is 4.82. The highest BCUT2D eigenvalue weighted by atomic mass is 35.5. The van der Waals surface area contributed by atoms with Gasteiger partial charge in [-0.1, -0.05) is 55.3 Å². The molecule has 1 aliphatic carbocycles. The maximum absolute atomic E-state index is 6.24. The van der Waals surface area contributed by atoms with Crippen molar-refractivity contribution in [3.63, 3.8) is 0 Å². The van der Waals surface area contributed by atoms with E-state index >= 15 is 0 Å². The summed E-state index contributed by atoms with van der Waals surface area (Å²) >= 11 is 12.1. The first-order valence-electron chi connectivity index (χ1n) is 5.12. The Hall–Kier alpha value is -0.460. The van der Waals surface area contributed by atoms with E-state index in [9.17, 15) is 0 Å². The lowest BCUT2D eigenvalue weighted by atomic mass is 10.1. The molecule has 1 saturated carbocycles. The molecular weight excluding hydrogens is 227 g/mol. The average Bonchev–Trinajstić information content (AvgIpc) is 2.74. The van der Waals surface area contributed by atoms with Gasteiger partial charge in [-0.05, 0) is 35.4 Å². The third kappa shape index (κ3) is 2.56. The minimum Gasteiger partial charge on any atom is -0.0843 e. The predicted molar refractivity (Wildman–Crippen MR) is 67.2 cm³/mol. The normalized spacial score (nSPS) is 24.0. The quantitative estimate of drug-likeness (QED) is 0.686. The third-order valence-corrected chi connectivity index (χ3v) is 3.65. The molecule has 0 amide bonds. The molecule has 0 saturated heterocycles. The molecule has 1 unspecified atom stereocenters. The van der Waals surface area contributed by atoms with Gasteiger partial charge in [-0.15, -0.1) is 0 Å². The van der Waals surface area contributed by atoms with Gasteiger partial charge in [0, 0.05) is 10.1 Å². The zero-order chi connectivity index (χ0) is 11.1. The standard InChI is InChI=1S/C13H14Cl2/c1-13(2)8-10(13)7-12(15)9-3-5-11(14)6-4-9/h3-7,10H,8H2,1-2H3/b12-7-. The number of rotatable bonds is 2. The second kappa shape index (κ2) is 3.84. The molecule has 0 aromatic heterocycles. The first-order valence-corrected chi connectivity index (χ1v) is 5.88. The number of hydrogen-bond donors (Lipinski definition) is 0. The van der Waals surface area contributed by atoms with Crippen LogP contribution in [0.1, 0.15) is 25.8 Å². The summed E-state index contributed by atoms with van der Waals surface area (Å²) in [5.41, 5.74) is 1.48. The summed E-state index contributed by atoms with van der Waals surface area (Å²) < 4.78 is 0. The van der Waals surface area contributed by atoms with Gasteiger partial charge in [0.1, 0.15) is 0 Å². The SMILES string of the molecule is CC1(C)CC1/C=C(\Cl)c1ccc(Cl)cc1. The van der Waals surface area contributed by atoms with Gasteiger partial charge in [0.2, 0.25) is 0 Å². The van der Waals surface area contributed by atoms with E-state index < -0.39 is 0 Å². The molecular formula is C13H14Cl2. The molecule has 1 aromatic carbocycles. The van der Waals surface area contributed by atoms with E-state index in [2.05, 4.69) is 19.9 Å². The topological polar surface area (TPSA) is 0 Å². The highest BCUT2D eigenvalue weighted by molar-refractivity contribution is 6.48. The summed E-state index contributed by atoms with van der Waals surface area (Å²) in [6.07, 6.45) is 3.39. The molecule has 0 N–H and O–H groups in total. The van der Waals surface area contributed by atoms with Crippen LogP contribution in [0.4, 0.5) is 0 Å². The Morgan fingerprint density at radius 3 is 2.33 bits per heavy atom. The molecule has 0 radical (unpaired) electrons. The van der Waals surface area contributed by atoms with Crippen LogP contribution >= 0.6 is 23.2 Å². The fraction of sp³-hybridized carbons (Fsp3) is 0.385. The lowest BCUT2D eigenvalue weighted by Crippen LogP contribution is -1.87. The average molecular weight is 241 g/mol. The molecule has 0 spiro atoms. The maximum atomic E-state index is 6.24. The van der Waals surface area contributed by atoms with Gasteiger partial charge in [0.15, 0.2) is 0 Å². The van der Waals surface area contributed by atoms with Crippen molar-refractivity contribution >= 4 is 28.2 Å². The Kier molecular flexibility index (Phi) is 2.83. The van der Waals surface area contributed by atoms with Gasteiger partial charge in [-0.25, -0.2) is 0 Å². The Labute approximate surface area is 101 Å². The number of benzene rings is 1. The Morgan fingerprint density at radius 1 is 1.33 bits per heavy atom. The lowest BCUT2D eigenvalue weighted by molar-refractivity contribution is 0.611. The minimum absolute atomic E-state index is 0.437. The van der Waals surface area contributed by atoms with Gasteiger partial charge >= 0.3 is 0 Å². The van der Waals surface area contributed by atoms with Crippen LogP contribution in [0.3, 0.4) is 0 Å².